The number of fused-ring (bicyclic) bond motifs is 1. The molecule has 1 aromatic carbocycles. The molecule has 0 saturated carbocycles. The Hall–Kier alpha value is -2.04. The number of hydrogen-bond acceptors (Lipinski definition) is 4. The number of nitrogens with one attached hydrogen (secondary N) is 1. The van der Waals surface area contributed by atoms with Gasteiger partial charge in [-0.15, -0.1) is 0 Å². The summed E-state index contributed by atoms with van der Waals surface area (Å²) >= 11 is 0. The Morgan fingerprint density at radius 1 is 1.53 bits per heavy atom. The smallest absolute Gasteiger partial charge is 0.262 e. The van der Waals surface area contributed by atoms with Crippen molar-refractivity contribution in [2.45, 2.75) is 6.92 Å². The summed E-state index contributed by atoms with van der Waals surface area (Å²) in [5.41, 5.74) is 6.88. The van der Waals surface area contributed by atoms with Crippen LogP contribution in [-0.2, 0) is 4.79 Å². The molecule has 0 saturated heterocycles. The average molecular weight is 206 g/mol. The number of nitrogens with two attached hydrogens (primary N) is 1. The summed E-state index contributed by atoms with van der Waals surface area (Å²) in [6, 6.07) is 3.11. The fourth-order valence-electron chi connectivity index (χ4n) is 1.49. The first-order valence-corrected chi connectivity index (χ1v) is 4.45. The fourth-order valence-corrected chi connectivity index (χ4v) is 1.49. The van der Waals surface area contributed by atoms with Gasteiger partial charge in [-0.25, -0.2) is 0 Å². The Bertz CT molecular complexity index is 454. The van der Waals surface area contributed by atoms with Crippen molar-refractivity contribution >= 4 is 23.1 Å². The Morgan fingerprint density at radius 2 is 2.27 bits per heavy atom. The molecule has 0 atom stereocenters. The third-order valence-corrected chi connectivity index (χ3v) is 2.11. The number of carbonyl (C=O) groups is 2. The third kappa shape index (κ3) is 1.63. The van der Waals surface area contributed by atoms with Crippen LogP contribution in [0.4, 0.5) is 11.4 Å². The Morgan fingerprint density at radius 3 is 2.93 bits per heavy atom. The molecular formula is C10H10N2O3. The lowest BCUT2D eigenvalue weighted by atomic mass is 10.1. The van der Waals surface area contributed by atoms with E-state index >= 15 is 0 Å². The van der Waals surface area contributed by atoms with E-state index in [2.05, 4.69) is 5.32 Å². The minimum absolute atomic E-state index is 0.0722. The van der Waals surface area contributed by atoms with Crippen LogP contribution in [-0.4, -0.2) is 18.3 Å². The topological polar surface area (TPSA) is 81.4 Å². The minimum Gasteiger partial charge on any atom is -0.481 e. The lowest BCUT2D eigenvalue weighted by Gasteiger charge is -2.20. The molecule has 15 heavy (non-hydrogen) atoms. The quantitative estimate of drug-likeness (QED) is 0.526. The molecule has 0 unspecified atom stereocenters. The van der Waals surface area contributed by atoms with Gasteiger partial charge < -0.3 is 15.8 Å². The molecule has 1 heterocycles. The van der Waals surface area contributed by atoms with E-state index in [-0.39, 0.29) is 18.3 Å². The zero-order chi connectivity index (χ0) is 11.0. The van der Waals surface area contributed by atoms with Crippen molar-refractivity contribution in [1.82, 2.24) is 0 Å². The van der Waals surface area contributed by atoms with E-state index in [1.165, 1.54) is 6.92 Å². The van der Waals surface area contributed by atoms with Crippen molar-refractivity contribution < 1.29 is 14.3 Å². The number of hydrogen-bond donors (Lipinski definition) is 2. The van der Waals surface area contributed by atoms with Crippen molar-refractivity contribution in [2.75, 3.05) is 17.7 Å². The molecule has 0 aliphatic carbocycles. The number of rotatable bonds is 1. The highest BCUT2D eigenvalue weighted by molar-refractivity contribution is 6.04. The normalized spacial score (nSPS) is 13.8. The molecular weight excluding hydrogens is 196 g/mol. The second-order valence-corrected chi connectivity index (χ2v) is 3.34. The zero-order valence-corrected chi connectivity index (χ0v) is 8.16. The van der Waals surface area contributed by atoms with Crippen molar-refractivity contribution in [1.29, 1.82) is 0 Å². The maximum atomic E-state index is 11.3. The molecule has 2 rings (SSSR count). The molecule has 1 amide bonds. The number of amides is 1. The lowest BCUT2D eigenvalue weighted by Crippen LogP contribution is -2.26. The molecule has 5 nitrogen and oxygen atoms in total. The Kier molecular flexibility index (Phi) is 2.07. The highest BCUT2D eigenvalue weighted by Gasteiger charge is 2.21. The van der Waals surface area contributed by atoms with E-state index in [4.69, 9.17) is 10.5 Å². The molecule has 0 fully saturated rings. The monoisotopic (exact) mass is 206 g/mol. The summed E-state index contributed by atoms with van der Waals surface area (Å²) in [7, 11) is 0. The highest BCUT2D eigenvalue weighted by Crippen LogP contribution is 2.34. The van der Waals surface area contributed by atoms with Crippen molar-refractivity contribution in [3.05, 3.63) is 17.7 Å². The van der Waals surface area contributed by atoms with Gasteiger partial charge in [0.1, 0.15) is 0 Å². The molecule has 5 heteroatoms. The summed E-state index contributed by atoms with van der Waals surface area (Å²) < 4.78 is 5.19. The van der Waals surface area contributed by atoms with Gasteiger partial charge >= 0.3 is 0 Å². The molecule has 1 aliphatic heterocycles. The van der Waals surface area contributed by atoms with Gasteiger partial charge in [0.25, 0.3) is 5.91 Å². The van der Waals surface area contributed by atoms with Crippen LogP contribution in [0.1, 0.15) is 17.3 Å². The highest BCUT2D eigenvalue weighted by atomic mass is 16.5. The van der Waals surface area contributed by atoms with Crippen LogP contribution in [0.5, 0.6) is 5.75 Å². The van der Waals surface area contributed by atoms with Crippen LogP contribution >= 0.6 is 0 Å². The number of benzene rings is 1. The number of carbonyl (C=O) groups excluding carboxylic acids is 2. The predicted octanol–water partition coefficient (Wildman–Crippen LogP) is 0.802. The first kappa shape index (κ1) is 9.51. The number of anilines is 2. The van der Waals surface area contributed by atoms with Crippen LogP contribution in [0.2, 0.25) is 0 Å². The second kappa shape index (κ2) is 3.27. The predicted molar refractivity (Wildman–Crippen MR) is 55.0 cm³/mol. The number of ether oxygens (including phenoxy) is 1. The molecule has 0 bridgehead atoms. The van der Waals surface area contributed by atoms with Gasteiger partial charge in [-0.3, -0.25) is 9.59 Å². The minimum atomic E-state index is -0.248. The van der Waals surface area contributed by atoms with Crippen LogP contribution in [0, 0.1) is 0 Å². The van der Waals surface area contributed by atoms with Crippen molar-refractivity contribution in [2.24, 2.45) is 0 Å². The number of nitrogen functional groups attached to an aromatic ring is 1. The standard InChI is InChI=1S/C10H10N2O3/c1-5(13)7-2-6(11)3-8-10(7)15-4-9(14)12-8/h2-3H,4,11H2,1H3,(H,12,14). The molecule has 1 aliphatic rings. The van der Waals surface area contributed by atoms with Gasteiger partial charge in [-0.1, -0.05) is 0 Å². The van der Waals surface area contributed by atoms with E-state index < -0.39 is 0 Å². The van der Waals surface area contributed by atoms with Crippen molar-refractivity contribution in [3.8, 4) is 5.75 Å². The van der Waals surface area contributed by atoms with Crippen LogP contribution in [0.15, 0.2) is 12.1 Å². The maximum Gasteiger partial charge on any atom is 0.262 e. The van der Waals surface area contributed by atoms with Gasteiger partial charge in [0.2, 0.25) is 0 Å². The molecule has 3 N–H and O–H groups in total. The molecule has 1 aromatic rings. The summed E-state index contributed by atoms with van der Waals surface area (Å²) in [4.78, 5) is 22.4. The number of ketones is 1. The summed E-state index contributed by atoms with van der Waals surface area (Å²) in [5.74, 6) is 0.00796. The van der Waals surface area contributed by atoms with Crippen LogP contribution < -0.4 is 15.8 Å². The molecule has 78 valence electrons. The SMILES string of the molecule is CC(=O)c1cc(N)cc2c1OCC(=O)N2. The lowest BCUT2D eigenvalue weighted by molar-refractivity contribution is -0.118. The maximum absolute atomic E-state index is 11.3. The average Bonchev–Trinajstić information content (AvgIpc) is 2.15. The summed E-state index contributed by atoms with van der Waals surface area (Å²) in [5, 5.41) is 2.60. The van der Waals surface area contributed by atoms with Gasteiger partial charge in [0.15, 0.2) is 18.1 Å². The molecule has 0 spiro atoms. The van der Waals surface area contributed by atoms with E-state index in [1.54, 1.807) is 12.1 Å². The van der Waals surface area contributed by atoms with Gasteiger partial charge in [-0.05, 0) is 19.1 Å². The number of Topliss-reactive ketones (excluding diaryl/α,β-unsaturated/α-hetero) is 1. The first-order valence-electron chi connectivity index (χ1n) is 4.45. The van der Waals surface area contributed by atoms with Crippen LogP contribution in [0.25, 0.3) is 0 Å². The van der Waals surface area contributed by atoms with E-state index in [0.29, 0.717) is 22.7 Å². The van der Waals surface area contributed by atoms with E-state index in [0.717, 1.165) is 0 Å². The largest absolute Gasteiger partial charge is 0.481 e. The van der Waals surface area contributed by atoms with Gasteiger partial charge in [-0.2, -0.15) is 0 Å². The second-order valence-electron chi connectivity index (χ2n) is 3.34. The van der Waals surface area contributed by atoms with Crippen LogP contribution in [0.3, 0.4) is 0 Å². The Labute approximate surface area is 86.2 Å². The first-order chi connectivity index (χ1) is 7.08. The van der Waals surface area contributed by atoms with E-state index in [9.17, 15) is 9.59 Å². The molecule has 0 aromatic heterocycles. The summed E-state index contributed by atoms with van der Waals surface area (Å²) in [6.45, 7) is 1.35. The van der Waals surface area contributed by atoms with Gasteiger partial charge in [0, 0.05) is 5.69 Å². The zero-order valence-electron chi connectivity index (χ0n) is 8.16. The Balaban J connectivity index is 2.58. The third-order valence-electron chi connectivity index (χ3n) is 2.11. The fraction of sp³-hybridized carbons (Fsp3) is 0.200. The summed E-state index contributed by atoms with van der Waals surface area (Å²) in [6.07, 6.45) is 0. The van der Waals surface area contributed by atoms with E-state index in [1.807, 2.05) is 0 Å². The molecule has 0 radical (unpaired) electrons. The van der Waals surface area contributed by atoms with Gasteiger partial charge in [0.05, 0.1) is 11.3 Å². The van der Waals surface area contributed by atoms with Crippen molar-refractivity contribution in [3.63, 3.8) is 0 Å².